The molecule has 2 heterocycles. The molecule has 0 radical (unpaired) electrons. The van der Waals surface area contributed by atoms with Crippen molar-refractivity contribution in [1.82, 2.24) is 20.3 Å². The molecule has 0 aliphatic carbocycles. The summed E-state index contributed by atoms with van der Waals surface area (Å²) in [5, 5.41) is 11.3. The lowest BCUT2D eigenvalue weighted by molar-refractivity contribution is -0.128. The van der Waals surface area contributed by atoms with E-state index < -0.39 is 29.4 Å². The second-order valence-electron chi connectivity index (χ2n) is 9.62. The highest BCUT2D eigenvalue weighted by atomic mass is 16.5. The molecule has 1 N–H and O–H groups in total. The van der Waals surface area contributed by atoms with Crippen LogP contribution >= 0.6 is 0 Å². The van der Waals surface area contributed by atoms with Gasteiger partial charge in [0.05, 0.1) is 18.2 Å². The third-order valence-electron chi connectivity index (χ3n) is 6.42. The summed E-state index contributed by atoms with van der Waals surface area (Å²) in [5.74, 6) is -0.428. The van der Waals surface area contributed by atoms with Gasteiger partial charge < -0.3 is 14.5 Å². The second kappa shape index (κ2) is 10.9. The molecule has 4 aromatic rings. The first kappa shape index (κ1) is 26.6. The number of nitrogens with one attached hydrogen (secondary N) is 1. The number of rotatable bonds is 9. The minimum absolute atomic E-state index is 0.181. The Labute approximate surface area is 220 Å². The minimum Gasteiger partial charge on any atom is -0.465 e. The summed E-state index contributed by atoms with van der Waals surface area (Å²) in [7, 11) is 1.30. The van der Waals surface area contributed by atoms with Crippen molar-refractivity contribution in [3.05, 3.63) is 77.7 Å². The largest absolute Gasteiger partial charge is 0.465 e. The number of aromatic nitrogens is 3. The SMILES string of the molecule is CCC(C)(C)NC(=O)[C@H](c1ccc(C)o1)N(C(=O)Cn1nnc2ccccc21)c1ccc(C(=O)OC)cc1. The van der Waals surface area contributed by atoms with Gasteiger partial charge in [0.15, 0.2) is 6.04 Å². The standard InChI is InChI=1S/C28H31N5O5/c1-6-28(3,4)29-26(35)25(23-16-11-18(2)38-23)33(20-14-12-19(13-15-20)27(36)37-5)24(34)17-32-22-10-8-7-9-21(22)30-31-32/h7-16,25H,6,17H2,1-5H3,(H,29,35)/t25-/m0/s1. The predicted octanol–water partition coefficient (Wildman–Crippen LogP) is 4.20. The summed E-state index contributed by atoms with van der Waals surface area (Å²) in [6.07, 6.45) is 0.676. The van der Waals surface area contributed by atoms with Crippen LogP contribution in [0.25, 0.3) is 11.0 Å². The van der Waals surface area contributed by atoms with Crippen molar-refractivity contribution in [3.8, 4) is 0 Å². The van der Waals surface area contributed by atoms with Gasteiger partial charge in [0.1, 0.15) is 23.6 Å². The highest BCUT2D eigenvalue weighted by molar-refractivity contribution is 6.02. The molecule has 1 atom stereocenters. The van der Waals surface area contributed by atoms with Crippen molar-refractivity contribution in [2.24, 2.45) is 0 Å². The summed E-state index contributed by atoms with van der Waals surface area (Å²) in [4.78, 5) is 41.2. The quantitative estimate of drug-likeness (QED) is 0.331. The van der Waals surface area contributed by atoms with Gasteiger partial charge in [-0.05, 0) is 75.7 Å². The molecular formula is C28H31N5O5. The number of methoxy groups -OCH3 is 1. The van der Waals surface area contributed by atoms with Gasteiger partial charge in [0.2, 0.25) is 5.91 Å². The number of furan rings is 1. The number of para-hydroxylation sites is 1. The summed E-state index contributed by atoms with van der Waals surface area (Å²) < 4.78 is 12.2. The van der Waals surface area contributed by atoms with Crippen molar-refractivity contribution in [1.29, 1.82) is 0 Å². The van der Waals surface area contributed by atoms with Crippen LogP contribution in [0.3, 0.4) is 0 Å². The van der Waals surface area contributed by atoms with Crippen LogP contribution < -0.4 is 10.2 Å². The number of fused-ring (bicyclic) bond motifs is 1. The zero-order valence-electron chi connectivity index (χ0n) is 22.1. The molecule has 0 aliphatic rings. The Morgan fingerprint density at radius 2 is 1.79 bits per heavy atom. The van der Waals surface area contributed by atoms with E-state index in [0.29, 0.717) is 40.2 Å². The molecule has 10 heteroatoms. The van der Waals surface area contributed by atoms with Crippen LogP contribution in [-0.4, -0.2) is 45.4 Å². The van der Waals surface area contributed by atoms with Gasteiger partial charge in [0, 0.05) is 11.2 Å². The lowest BCUT2D eigenvalue weighted by Crippen LogP contribution is -2.51. The van der Waals surface area contributed by atoms with E-state index in [0.717, 1.165) is 0 Å². The number of ether oxygens (including phenoxy) is 1. The van der Waals surface area contributed by atoms with Gasteiger partial charge in [-0.2, -0.15) is 0 Å². The molecule has 198 valence electrons. The Kier molecular flexibility index (Phi) is 7.61. The van der Waals surface area contributed by atoms with Gasteiger partial charge in [-0.3, -0.25) is 14.5 Å². The Bertz CT molecular complexity index is 1450. The Balaban J connectivity index is 1.81. The highest BCUT2D eigenvalue weighted by Gasteiger charge is 2.37. The molecule has 0 saturated heterocycles. The van der Waals surface area contributed by atoms with Crippen LogP contribution in [0.4, 0.5) is 5.69 Å². The fourth-order valence-electron chi connectivity index (χ4n) is 4.02. The molecule has 10 nitrogen and oxygen atoms in total. The van der Waals surface area contributed by atoms with Crippen LogP contribution in [0.1, 0.15) is 55.1 Å². The number of amides is 2. The van der Waals surface area contributed by atoms with Crippen molar-refractivity contribution in [3.63, 3.8) is 0 Å². The third kappa shape index (κ3) is 5.59. The maximum absolute atomic E-state index is 14.0. The molecule has 0 saturated carbocycles. The number of carbonyl (C=O) groups excluding carboxylic acids is 3. The molecular weight excluding hydrogens is 486 g/mol. The predicted molar refractivity (Wildman–Crippen MR) is 141 cm³/mol. The van der Waals surface area contributed by atoms with E-state index in [1.54, 1.807) is 49.4 Å². The first-order valence-electron chi connectivity index (χ1n) is 12.3. The second-order valence-corrected chi connectivity index (χ2v) is 9.62. The number of benzene rings is 2. The Morgan fingerprint density at radius 3 is 2.42 bits per heavy atom. The van der Waals surface area contributed by atoms with Gasteiger partial charge in [0.25, 0.3) is 5.91 Å². The van der Waals surface area contributed by atoms with Crippen LogP contribution in [-0.2, 0) is 20.9 Å². The Morgan fingerprint density at radius 1 is 1.08 bits per heavy atom. The average molecular weight is 518 g/mol. The van der Waals surface area contributed by atoms with Gasteiger partial charge >= 0.3 is 5.97 Å². The fraction of sp³-hybridized carbons (Fsp3) is 0.321. The van der Waals surface area contributed by atoms with Crippen molar-refractivity contribution >= 4 is 34.5 Å². The number of carbonyl (C=O) groups is 3. The molecule has 0 bridgehead atoms. The van der Waals surface area contributed by atoms with E-state index in [9.17, 15) is 14.4 Å². The van der Waals surface area contributed by atoms with Crippen LogP contribution in [0, 0.1) is 6.92 Å². The van der Waals surface area contributed by atoms with E-state index in [2.05, 4.69) is 15.6 Å². The third-order valence-corrected chi connectivity index (χ3v) is 6.42. The van der Waals surface area contributed by atoms with E-state index >= 15 is 0 Å². The summed E-state index contributed by atoms with van der Waals surface area (Å²) >= 11 is 0. The Hall–Kier alpha value is -4.47. The number of anilines is 1. The summed E-state index contributed by atoms with van der Waals surface area (Å²) in [6.45, 7) is 7.38. The lowest BCUT2D eigenvalue weighted by Gasteiger charge is -2.33. The number of hydrogen-bond acceptors (Lipinski definition) is 7. The average Bonchev–Trinajstić information content (AvgIpc) is 3.52. The number of nitrogens with zero attached hydrogens (tertiary/aromatic N) is 4. The van der Waals surface area contributed by atoms with Crippen molar-refractivity contribution < 1.29 is 23.5 Å². The van der Waals surface area contributed by atoms with Crippen LogP contribution in [0.2, 0.25) is 0 Å². The monoisotopic (exact) mass is 517 g/mol. The van der Waals surface area contributed by atoms with Crippen molar-refractivity contribution in [2.45, 2.75) is 52.2 Å². The van der Waals surface area contributed by atoms with Crippen LogP contribution in [0.15, 0.2) is 65.1 Å². The first-order chi connectivity index (χ1) is 18.1. The summed E-state index contributed by atoms with van der Waals surface area (Å²) in [5.41, 5.74) is 1.52. The van der Waals surface area contributed by atoms with Gasteiger partial charge in [-0.25, -0.2) is 9.48 Å². The van der Waals surface area contributed by atoms with E-state index in [1.807, 2.05) is 39.0 Å². The minimum atomic E-state index is -1.12. The fourth-order valence-corrected chi connectivity index (χ4v) is 4.02. The molecule has 4 rings (SSSR count). The van der Waals surface area contributed by atoms with Gasteiger partial charge in [-0.1, -0.05) is 24.3 Å². The smallest absolute Gasteiger partial charge is 0.337 e. The molecule has 2 aromatic heterocycles. The maximum Gasteiger partial charge on any atom is 0.337 e. The molecule has 0 spiro atoms. The molecule has 0 aliphatic heterocycles. The number of esters is 1. The van der Waals surface area contributed by atoms with Crippen LogP contribution in [0.5, 0.6) is 0 Å². The van der Waals surface area contributed by atoms with E-state index in [4.69, 9.17) is 9.15 Å². The normalized spacial score (nSPS) is 12.2. The molecule has 38 heavy (non-hydrogen) atoms. The highest BCUT2D eigenvalue weighted by Crippen LogP contribution is 2.31. The zero-order valence-corrected chi connectivity index (χ0v) is 22.1. The topological polar surface area (TPSA) is 120 Å². The maximum atomic E-state index is 14.0. The molecule has 0 fully saturated rings. The zero-order chi connectivity index (χ0) is 27.4. The number of hydrogen-bond donors (Lipinski definition) is 1. The molecule has 2 aromatic carbocycles. The van der Waals surface area contributed by atoms with E-state index in [1.165, 1.54) is 16.7 Å². The summed E-state index contributed by atoms with van der Waals surface area (Å²) in [6, 6.07) is 15.9. The molecule has 0 unspecified atom stereocenters. The van der Waals surface area contributed by atoms with Gasteiger partial charge in [-0.15, -0.1) is 5.10 Å². The first-order valence-corrected chi connectivity index (χ1v) is 12.3. The van der Waals surface area contributed by atoms with E-state index in [-0.39, 0.29) is 6.54 Å². The lowest BCUT2D eigenvalue weighted by atomic mass is 10.0. The number of aryl methyl sites for hydroxylation is 1. The van der Waals surface area contributed by atoms with Crippen molar-refractivity contribution in [2.75, 3.05) is 12.0 Å². The molecule has 2 amide bonds.